The van der Waals surface area contributed by atoms with Crippen LogP contribution in [0, 0.1) is 23.7 Å². The summed E-state index contributed by atoms with van der Waals surface area (Å²) < 4.78 is 27.2. The molecule has 1 aliphatic carbocycles. The normalized spacial score (nSPS) is 21.3. The number of sulfonamides is 1. The van der Waals surface area contributed by atoms with Crippen molar-refractivity contribution in [1.82, 2.24) is 4.31 Å². The fraction of sp³-hybridized carbons (Fsp3) is 0.588. The van der Waals surface area contributed by atoms with Crippen molar-refractivity contribution in [1.29, 1.82) is 5.26 Å². The Morgan fingerprint density at radius 3 is 2.73 bits per heavy atom. The Kier molecular flexibility index (Phi) is 4.00. The second kappa shape index (κ2) is 5.68. The third kappa shape index (κ3) is 2.78. The van der Waals surface area contributed by atoms with E-state index >= 15 is 0 Å². The van der Waals surface area contributed by atoms with Crippen molar-refractivity contribution >= 4 is 10.0 Å². The molecule has 4 nitrogen and oxygen atoms in total. The van der Waals surface area contributed by atoms with Gasteiger partial charge in [-0.1, -0.05) is 31.0 Å². The third-order valence-electron chi connectivity index (χ3n) is 5.12. The molecule has 0 spiro atoms. The molecule has 0 saturated heterocycles. The van der Waals surface area contributed by atoms with E-state index in [2.05, 4.69) is 12.1 Å². The number of nitriles is 1. The Balaban J connectivity index is 1.83. The van der Waals surface area contributed by atoms with Crippen LogP contribution in [-0.2, 0) is 23.0 Å². The molecular formula is C17H22N2O2S. The first-order valence-electron chi connectivity index (χ1n) is 7.92. The highest BCUT2D eigenvalue weighted by atomic mass is 32.2. The van der Waals surface area contributed by atoms with Gasteiger partial charge in [-0.3, -0.25) is 0 Å². The molecular weight excluding hydrogens is 296 g/mol. The highest BCUT2D eigenvalue weighted by Crippen LogP contribution is 2.39. The monoisotopic (exact) mass is 318 g/mol. The number of benzene rings is 1. The summed E-state index contributed by atoms with van der Waals surface area (Å²) in [6, 6.07) is 8.44. The SMILES string of the molecule is Cc1cccc2c1CN(S(=O)(=O)CC1(C#N)CCCC1)CC2. The smallest absolute Gasteiger partial charge is 0.212 e. The predicted octanol–water partition coefficient (Wildman–Crippen LogP) is 2.77. The van der Waals surface area contributed by atoms with Crippen LogP contribution in [0.15, 0.2) is 18.2 Å². The number of rotatable bonds is 3. The first-order valence-corrected chi connectivity index (χ1v) is 9.53. The van der Waals surface area contributed by atoms with Crippen LogP contribution in [0.1, 0.15) is 42.4 Å². The van der Waals surface area contributed by atoms with Gasteiger partial charge in [0.15, 0.2) is 0 Å². The van der Waals surface area contributed by atoms with Gasteiger partial charge in [0.2, 0.25) is 10.0 Å². The minimum absolute atomic E-state index is 0.0162. The lowest BCUT2D eigenvalue weighted by molar-refractivity contribution is 0.372. The van der Waals surface area contributed by atoms with Gasteiger partial charge in [-0.05, 0) is 42.9 Å². The van der Waals surface area contributed by atoms with Crippen LogP contribution in [0.25, 0.3) is 0 Å². The topological polar surface area (TPSA) is 61.2 Å². The zero-order chi connectivity index (χ0) is 15.8. The van der Waals surface area contributed by atoms with Crippen LogP contribution in [0.3, 0.4) is 0 Å². The number of hydrogen-bond donors (Lipinski definition) is 0. The van der Waals surface area contributed by atoms with Gasteiger partial charge < -0.3 is 0 Å². The molecule has 0 bridgehead atoms. The van der Waals surface area contributed by atoms with Gasteiger partial charge in [-0.2, -0.15) is 9.57 Å². The molecule has 5 heteroatoms. The molecule has 1 aromatic rings. The van der Waals surface area contributed by atoms with E-state index in [-0.39, 0.29) is 5.75 Å². The second-order valence-electron chi connectivity index (χ2n) is 6.65. The van der Waals surface area contributed by atoms with Crippen LogP contribution >= 0.6 is 0 Å². The van der Waals surface area contributed by atoms with Crippen molar-refractivity contribution < 1.29 is 8.42 Å². The highest BCUT2D eigenvalue weighted by Gasteiger charge is 2.41. The second-order valence-corrected chi connectivity index (χ2v) is 8.62. The van der Waals surface area contributed by atoms with E-state index in [0.717, 1.165) is 30.4 Å². The fourth-order valence-corrected chi connectivity index (χ4v) is 5.67. The molecule has 2 aliphatic rings. The number of fused-ring (bicyclic) bond motifs is 1. The zero-order valence-electron chi connectivity index (χ0n) is 13.0. The minimum Gasteiger partial charge on any atom is -0.212 e. The average Bonchev–Trinajstić information content (AvgIpc) is 2.96. The molecule has 0 aromatic heterocycles. The minimum atomic E-state index is -3.39. The molecule has 0 radical (unpaired) electrons. The summed E-state index contributed by atoms with van der Waals surface area (Å²) in [7, 11) is -3.39. The summed E-state index contributed by atoms with van der Waals surface area (Å²) in [5, 5.41) is 9.45. The third-order valence-corrected chi connectivity index (χ3v) is 7.14. The van der Waals surface area contributed by atoms with Crippen LogP contribution in [0.4, 0.5) is 0 Å². The average molecular weight is 318 g/mol. The predicted molar refractivity (Wildman–Crippen MR) is 85.6 cm³/mol. The van der Waals surface area contributed by atoms with Crippen molar-refractivity contribution in [2.24, 2.45) is 5.41 Å². The molecule has 1 aliphatic heterocycles. The summed E-state index contributed by atoms with van der Waals surface area (Å²) in [5.74, 6) is -0.0162. The fourth-order valence-electron chi connectivity index (χ4n) is 3.74. The molecule has 22 heavy (non-hydrogen) atoms. The van der Waals surface area contributed by atoms with E-state index in [1.807, 2.05) is 19.1 Å². The van der Waals surface area contributed by atoms with Gasteiger partial charge >= 0.3 is 0 Å². The van der Waals surface area contributed by atoms with Crippen molar-refractivity contribution in [2.45, 2.75) is 45.6 Å². The quantitative estimate of drug-likeness (QED) is 0.861. The maximum absolute atomic E-state index is 12.8. The summed E-state index contributed by atoms with van der Waals surface area (Å²) in [6.07, 6.45) is 4.12. The van der Waals surface area contributed by atoms with Gasteiger partial charge in [0, 0.05) is 13.1 Å². The van der Waals surface area contributed by atoms with Crippen molar-refractivity contribution in [3.63, 3.8) is 0 Å². The Labute approximate surface area is 132 Å². The molecule has 1 aromatic carbocycles. The zero-order valence-corrected chi connectivity index (χ0v) is 13.8. The number of hydrogen-bond acceptors (Lipinski definition) is 3. The van der Waals surface area contributed by atoms with Crippen LogP contribution in [0.2, 0.25) is 0 Å². The summed E-state index contributed by atoms with van der Waals surface area (Å²) in [5.41, 5.74) is 2.87. The molecule has 0 unspecified atom stereocenters. The van der Waals surface area contributed by atoms with Gasteiger partial charge in [0.25, 0.3) is 0 Å². The van der Waals surface area contributed by atoms with Crippen LogP contribution in [-0.4, -0.2) is 25.0 Å². The molecule has 0 atom stereocenters. The van der Waals surface area contributed by atoms with Crippen LogP contribution in [0.5, 0.6) is 0 Å². The summed E-state index contributed by atoms with van der Waals surface area (Å²) in [4.78, 5) is 0. The van der Waals surface area contributed by atoms with E-state index in [0.29, 0.717) is 25.9 Å². The van der Waals surface area contributed by atoms with Crippen LogP contribution < -0.4 is 0 Å². The van der Waals surface area contributed by atoms with Gasteiger partial charge in [-0.15, -0.1) is 0 Å². The van der Waals surface area contributed by atoms with E-state index in [1.54, 1.807) is 4.31 Å². The maximum Gasteiger partial charge on any atom is 0.215 e. The molecule has 118 valence electrons. The molecule has 1 fully saturated rings. The number of aryl methyl sites for hydroxylation is 1. The first-order chi connectivity index (χ1) is 10.5. The van der Waals surface area contributed by atoms with Gasteiger partial charge in [-0.25, -0.2) is 8.42 Å². The molecule has 1 heterocycles. The largest absolute Gasteiger partial charge is 0.215 e. The Morgan fingerprint density at radius 1 is 1.32 bits per heavy atom. The van der Waals surface area contributed by atoms with Crippen molar-refractivity contribution in [2.75, 3.05) is 12.3 Å². The summed E-state index contributed by atoms with van der Waals surface area (Å²) in [6.45, 7) is 3.01. The van der Waals surface area contributed by atoms with Gasteiger partial charge in [0.1, 0.15) is 0 Å². The van der Waals surface area contributed by atoms with Crippen molar-refractivity contribution in [3.05, 3.63) is 34.9 Å². The Hall–Kier alpha value is -1.38. The van der Waals surface area contributed by atoms with Gasteiger partial charge in [0.05, 0.1) is 17.2 Å². The van der Waals surface area contributed by atoms with E-state index in [4.69, 9.17) is 0 Å². The Morgan fingerprint density at radius 2 is 2.05 bits per heavy atom. The highest BCUT2D eigenvalue weighted by molar-refractivity contribution is 7.89. The first kappa shape index (κ1) is 15.5. The standard InChI is InChI=1S/C17H22N2O2S/c1-14-5-4-6-15-7-10-19(11-16(14)15)22(20,21)13-17(12-18)8-2-3-9-17/h4-6H,2-3,7-11,13H2,1H3. The lowest BCUT2D eigenvalue weighted by Crippen LogP contribution is -2.41. The molecule has 3 rings (SSSR count). The molecule has 0 amide bonds. The van der Waals surface area contributed by atoms with E-state index < -0.39 is 15.4 Å². The van der Waals surface area contributed by atoms with Crippen molar-refractivity contribution in [3.8, 4) is 6.07 Å². The lowest BCUT2D eigenvalue weighted by Gasteiger charge is -2.31. The number of nitrogens with zero attached hydrogens (tertiary/aromatic N) is 2. The van der Waals surface area contributed by atoms with E-state index in [9.17, 15) is 13.7 Å². The summed E-state index contributed by atoms with van der Waals surface area (Å²) >= 11 is 0. The lowest BCUT2D eigenvalue weighted by atomic mass is 9.91. The maximum atomic E-state index is 12.8. The van der Waals surface area contributed by atoms with E-state index in [1.165, 1.54) is 5.56 Å². The molecule has 1 saturated carbocycles. The Bertz CT molecular complexity index is 713. The molecule has 0 N–H and O–H groups in total.